The molecule has 172 valence electrons. The minimum Gasteiger partial charge on any atom is -0.674 e. The van der Waals surface area contributed by atoms with Crippen LogP contribution < -0.4 is 4.90 Å². The summed E-state index contributed by atoms with van der Waals surface area (Å²) >= 11 is 13.1. The van der Waals surface area contributed by atoms with Gasteiger partial charge in [0.15, 0.2) is 5.13 Å². The number of rotatable bonds is 6. The molecule has 1 aromatic heterocycles. The van der Waals surface area contributed by atoms with Crippen molar-refractivity contribution in [3.63, 3.8) is 0 Å². The van der Waals surface area contributed by atoms with Crippen molar-refractivity contribution in [2.45, 2.75) is 25.5 Å². The van der Waals surface area contributed by atoms with E-state index in [9.17, 15) is 0 Å². The normalized spacial score (nSPS) is 13.4. The standard InChI is InChI=1S/C15H18ClN4S.C8H9ClN.2Ac/c16-14-10-18-15(21-14)20-7-5-19(6-8-20)11-13-3-1-12(9-17)2-4-13;9-5-7-1-3-8(6-10)4-2-7;;/h1-4,10,17H,5-9,11H2;1-4,10H,5-6H2;;/q2*-1;;. The van der Waals surface area contributed by atoms with Crippen LogP contribution in [0.25, 0.3) is 11.5 Å². The molecule has 0 atom stereocenters. The topological polar surface area (TPSA) is 67.0 Å². The van der Waals surface area contributed by atoms with Crippen molar-refractivity contribution in [2.75, 3.05) is 31.1 Å². The average molecular weight is 930 g/mol. The zero-order chi connectivity index (χ0) is 22.1. The van der Waals surface area contributed by atoms with Crippen molar-refractivity contribution in [1.82, 2.24) is 9.88 Å². The van der Waals surface area contributed by atoms with E-state index in [0.29, 0.717) is 19.0 Å². The van der Waals surface area contributed by atoms with Crippen LogP contribution in [0, 0.1) is 88.1 Å². The van der Waals surface area contributed by atoms with Gasteiger partial charge in [-0.3, -0.25) is 4.90 Å². The first-order valence-corrected chi connectivity index (χ1v) is 11.9. The Labute approximate surface area is 282 Å². The number of hydrogen-bond donors (Lipinski definition) is 0. The van der Waals surface area contributed by atoms with Gasteiger partial charge in [-0.1, -0.05) is 82.6 Å². The number of nitrogens with zero attached hydrogens (tertiary/aromatic N) is 3. The van der Waals surface area contributed by atoms with Crippen LogP contribution in [0.2, 0.25) is 4.34 Å². The molecule has 3 aromatic rings. The Morgan fingerprint density at radius 3 is 1.70 bits per heavy atom. The molecule has 1 aliphatic rings. The van der Waals surface area contributed by atoms with Gasteiger partial charge in [0.2, 0.25) is 0 Å². The summed E-state index contributed by atoms with van der Waals surface area (Å²) in [5.74, 6) is 0.554. The Bertz CT molecular complexity index is 894. The number of halogens is 2. The zero-order valence-electron chi connectivity index (χ0n) is 18.5. The van der Waals surface area contributed by atoms with Gasteiger partial charge in [-0.15, -0.1) is 24.7 Å². The number of thiazole rings is 1. The molecule has 5 nitrogen and oxygen atoms in total. The Kier molecular flexibility index (Phi) is 17.2. The zero-order valence-corrected chi connectivity index (χ0v) is 30.3. The molecule has 0 aliphatic carbocycles. The molecule has 33 heavy (non-hydrogen) atoms. The number of piperazine rings is 1. The summed E-state index contributed by atoms with van der Waals surface area (Å²) in [5, 5.41) is 1.03. The Balaban J connectivity index is 0.000000388. The SMILES string of the molecule is [Ac].[Ac].[NH-]Cc1ccc(CCl)cc1.[NH-]Cc1ccc(CN2CCN(c3ncc(Cl)s3)CC2)cc1. The molecule has 2 aromatic carbocycles. The molecule has 2 heterocycles. The molecular formula is C23H27Ac2Cl2N5S-2. The van der Waals surface area contributed by atoms with Crippen molar-refractivity contribution in [2.24, 2.45) is 0 Å². The van der Waals surface area contributed by atoms with Gasteiger partial charge in [0.1, 0.15) is 4.34 Å². The van der Waals surface area contributed by atoms with Crippen molar-refractivity contribution in [1.29, 1.82) is 0 Å². The summed E-state index contributed by atoms with van der Waals surface area (Å²) in [7, 11) is 0. The monoisotopic (exact) mass is 929 g/mol. The molecule has 0 bridgehead atoms. The van der Waals surface area contributed by atoms with Crippen molar-refractivity contribution in [3.05, 3.63) is 92.8 Å². The van der Waals surface area contributed by atoms with E-state index in [4.69, 9.17) is 34.7 Å². The second kappa shape index (κ2) is 17.6. The van der Waals surface area contributed by atoms with Crippen LogP contribution in [0.15, 0.2) is 54.7 Å². The van der Waals surface area contributed by atoms with Gasteiger partial charge in [0.25, 0.3) is 0 Å². The van der Waals surface area contributed by atoms with Gasteiger partial charge in [0, 0.05) is 127 Å². The van der Waals surface area contributed by atoms with Gasteiger partial charge < -0.3 is 16.4 Å². The third kappa shape index (κ3) is 11.0. The molecule has 4 rings (SSSR count). The Hall–Kier alpha value is 1.21. The molecule has 2 N–H and O–H groups in total. The number of nitrogens with one attached hydrogen (secondary N) is 2. The summed E-state index contributed by atoms with van der Waals surface area (Å²) < 4.78 is 0.752. The van der Waals surface area contributed by atoms with Gasteiger partial charge in [-0.25, -0.2) is 4.98 Å². The van der Waals surface area contributed by atoms with E-state index in [1.54, 1.807) is 17.5 Å². The summed E-state index contributed by atoms with van der Waals surface area (Å²) in [6.45, 7) is 5.75. The molecule has 10 heteroatoms. The number of anilines is 1. The minimum absolute atomic E-state index is 0. The fraction of sp³-hybridized carbons (Fsp3) is 0.348. The van der Waals surface area contributed by atoms with Gasteiger partial charge in [-0.2, -0.15) is 0 Å². The number of hydrogen-bond acceptors (Lipinski definition) is 4. The van der Waals surface area contributed by atoms with Gasteiger partial charge in [-0.05, 0) is 11.1 Å². The van der Waals surface area contributed by atoms with Gasteiger partial charge >= 0.3 is 0 Å². The maximum atomic E-state index is 7.34. The van der Waals surface area contributed by atoms with Crippen molar-refractivity contribution < 1.29 is 88.1 Å². The van der Waals surface area contributed by atoms with Crippen LogP contribution in [-0.4, -0.2) is 36.1 Å². The maximum absolute atomic E-state index is 7.34. The van der Waals surface area contributed by atoms with Crippen LogP contribution in [0.4, 0.5) is 5.13 Å². The molecular weight excluding hydrogens is 903 g/mol. The number of benzene rings is 2. The molecule has 0 saturated carbocycles. The smallest absolute Gasteiger partial charge is 0.186 e. The van der Waals surface area contributed by atoms with E-state index >= 15 is 0 Å². The quantitative estimate of drug-likeness (QED) is 0.261. The maximum Gasteiger partial charge on any atom is 0.186 e. The number of aromatic nitrogens is 1. The van der Waals surface area contributed by atoms with E-state index in [0.717, 1.165) is 58.9 Å². The molecule has 1 fully saturated rings. The van der Waals surface area contributed by atoms with E-state index in [2.05, 4.69) is 39.0 Å². The predicted octanol–water partition coefficient (Wildman–Crippen LogP) is 6.65. The second-order valence-electron chi connectivity index (χ2n) is 7.33. The van der Waals surface area contributed by atoms with Crippen molar-refractivity contribution >= 4 is 39.7 Å². The van der Waals surface area contributed by atoms with Crippen LogP contribution in [0.1, 0.15) is 22.3 Å². The summed E-state index contributed by atoms with van der Waals surface area (Å²) in [6.07, 6.45) is 1.72. The third-order valence-electron chi connectivity index (χ3n) is 5.12. The molecule has 1 saturated heterocycles. The fourth-order valence-corrected chi connectivity index (χ4v) is 4.39. The Morgan fingerprint density at radius 1 is 0.788 bits per heavy atom. The summed E-state index contributed by atoms with van der Waals surface area (Å²) in [4.78, 5) is 9.11. The van der Waals surface area contributed by atoms with Crippen LogP contribution in [0.3, 0.4) is 0 Å². The summed E-state index contributed by atoms with van der Waals surface area (Å²) in [5.41, 5.74) is 18.9. The first-order chi connectivity index (χ1) is 15.1. The first-order valence-electron chi connectivity index (χ1n) is 10.2. The molecule has 2 radical (unpaired) electrons. The van der Waals surface area contributed by atoms with Crippen molar-refractivity contribution in [3.8, 4) is 0 Å². The first kappa shape index (κ1) is 32.2. The van der Waals surface area contributed by atoms with Crippen LogP contribution >= 0.6 is 34.5 Å². The largest absolute Gasteiger partial charge is 0.674 e. The van der Waals surface area contributed by atoms with E-state index in [1.165, 1.54) is 5.56 Å². The molecule has 1 aliphatic heterocycles. The Morgan fingerprint density at radius 2 is 1.27 bits per heavy atom. The van der Waals surface area contributed by atoms with E-state index in [1.807, 2.05) is 24.3 Å². The summed E-state index contributed by atoms with van der Waals surface area (Å²) in [6, 6.07) is 16.2. The molecule has 0 amide bonds. The molecule has 0 spiro atoms. The molecule has 0 unspecified atom stereocenters. The number of alkyl halides is 1. The predicted molar refractivity (Wildman–Crippen MR) is 133 cm³/mol. The van der Waals surface area contributed by atoms with Crippen LogP contribution in [0.5, 0.6) is 0 Å². The minimum atomic E-state index is 0. The van der Waals surface area contributed by atoms with Gasteiger partial charge in [0.05, 0.1) is 6.20 Å². The van der Waals surface area contributed by atoms with E-state index in [-0.39, 0.29) is 88.1 Å². The second-order valence-corrected chi connectivity index (χ2v) is 9.24. The van der Waals surface area contributed by atoms with Crippen LogP contribution in [-0.2, 0) is 25.5 Å². The average Bonchev–Trinajstić information content (AvgIpc) is 3.27. The van der Waals surface area contributed by atoms with E-state index < -0.39 is 0 Å². The third-order valence-corrected chi connectivity index (χ3v) is 6.61. The fourth-order valence-electron chi connectivity index (χ4n) is 3.26.